The summed E-state index contributed by atoms with van der Waals surface area (Å²) in [6.07, 6.45) is 2.35. The number of fused-ring (bicyclic) bond motifs is 1. The van der Waals surface area contributed by atoms with E-state index in [1.165, 1.54) is 6.07 Å². The van der Waals surface area contributed by atoms with Gasteiger partial charge in [0.1, 0.15) is 5.82 Å². The summed E-state index contributed by atoms with van der Waals surface area (Å²) in [4.78, 5) is 25.7. The summed E-state index contributed by atoms with van der Waals surface area (Å²) >= 11 is 3.21. The minimum absolute atomic E-state index is 0.0143. The molecule has 1 aliphatic carbocycles. The van der Waals surface area contributed by atoms with Crippen LogP contribution in [0.3, 0.4) is 0 Å². The standard InChI is InChI=1S/C17H20BrFN2O3/c1-10(13-5-4-12(18)7-14(13)19)20-16(24)21-8-11-3-2-6-17(11,9-21)15(22)23/h4-5,7,10-11H,2-3,6,8-9H2,1H3,(H,20,24)(H,22,23)/t10?,11-,17+/m0/s1. The molecule has 1 saturated carbocycles. The van der Waals surface area contributed by atoms with Gasteiger partial charge in [-0.05, 0) is 37.8 Å². The zero-order chi connectivity index (χ0) is 17.5. The molecule has 3 rings (SSSR count). The van der Waals surface area contributed by atoms with Gasteiger partial charge in [0.25, 0.3) is 0 Å². The zero-order valence-corrected chi connectivity index (χ0v) is 15.0. The second-order valence-electron chi connectivity index (χ2n) is 6.77. The largest absolute Gasteiger partial charge is 0.481 e. The van der Waals surface area contributed by atoms with Gasteiger partial charge >= 0.3 is 12.0 Å². The van der Waals surface area contributed by atoms with E-state index in [9.17, 15) is 19.1 Å². The van der Waals surface area contributed by atoms with Crippen molar-refractivity contribution in [3.05, 3.63) is 34.1 Å². The number of carboxylic acid groups (broad SMARTS) is 1. The highest BCUT2D eigenvalue weighted by molar-refractivity contribution is 9.10. The van der Waals surface area contributed by atoms with Crippen LogP contribution in [0.5, 0.6) is 0 Å². The molecular weight excluding hydrogens is 379 g/mol. The maximum Gasteiger partial charge on any atom is 0.317 e. The molecule has 2 N–H and O–H groups in total. The van der Waals surface area contributed by atoms with E-state index < -0.39 is 23.2 Å². The van der Waals surface area contributed by atoms with Crippen molar-refractivity contribution in [2.75, 3.05) is 13.1 Å². The van der Waals surface area contributed by atoms with Crippen molar-refractivity contribution in [1.29, 1.82) is 0 Å². The lowest BCUT2D eigenvalue weighted by Gasteiger charge is -2.24. The monoisotopic (exact) mass is 398 g/mol. The van der Waals surface area contributed by atoms with Crippen molar-refractivity contribution in [3.63, 3.8) is 0 Å². The fraction of sp³-hybridized carbons (Fsp3) is 0.529. The van der Waals surface area contributed by atoms with Crippen LogP contribution in [-0.4, -0.2) is 35.1 Å². The summed E-state index contributed by atoms with van der Waals surface area (Å²) in [5.41, 5.74) is -0.400. The van der Waals surface area contributed by atoms with Crippen molar-refractivity contribution < 1.29 is 19.1 Å². The Morgan fingerprint density at radius 3 is 2.88 bits per heavy atom. The van der Waals surface area contributed by atoms with Crippen molar-refractivity contribution >= 4 is 27.9 Å². The van der Waals surface area contributed by atoms with Gasteiger partial charge in [-0.2, -0.15) is 0 Å². The summed E-state index contributed by atoms with van der Waals surface area (Å²) in [6, 6.07) is 3.88. The Bertz CT molecular complexity index is 684. The molecule has 24 heavy (non-hydrogen) atoms. The highest BCUT2D eigenvalue weighted by atomic mass is 79.9. The molecule has 1 aromatic carbocycles. The van der Waals surface area contributed by atoms with Gasteiger partial charge in [-0.3, -0.25) is 4.79 Å². The normalized spacial score (nSPS) is 27.0. The van der Waals surface area contributed by atoms with Gasteiger partial charge < -0.3 is 15.3 Å². The second-order valence-corrected chi connectivity index (χ2v) is 7.68. The van der Waals surface area contributed by atoms with E-state index in [-0.39, 0.29) is 18.5 Å². The predicted octanol–water partition coefficient (Wildman–Crippen LogP) is 3.55. The Kier molecular flexibility index (Phi) is 4.55. The molecule has 2 fully saturated rings. The topological polar surface area (TPSA) is 69.6 Å². The third-order valence-electron chi connectivity index (χ3n) is 5.35. The second kappa shape index (κ2) is 6.35. The summed E-state index contributed by atoms with van der Waals surface area (Å²) in [6.45, 7) is 2.40. The van der Waals surface area contributed by atoms with Crippen molar-refractivity contribution in [2.24, 2.45) is 11.3 Å². The van der Waals surface area contributed by atoms with Crippen LogP contribution >= 0.6 is 15.9 Å². The molecule has 0 spiro atoms. The van der Waals surface area contributed by atoms with Crippen LogP contribution < -0.4 is 5.32 Å². The number of carboxylic acids is 1. The van der Waals surface area contributed by atoms with Gasteiger partial charge in [0.15, 0.2) is 0 Å². The molecule has 1 unspecified atom stereocenters. The minimum Gasteiger partial charge on any atom is -0.481 e. The lowest BCUT2D eigenvalue weighted by atomic mass is 9.81. The fourth-order valence-corrected chi connectivity index (χ4v) is 4.33. The Hall–Kier alpha value is -1.63. The van der Waals surface area contributed by atoms with Gasteiger partial charge in [-0.15, -0.1) is 0 Å². The molecule has 5 nitrogen and oxygen atoms in total. The molecule has 2 aliphatic rings. The first kappa shape index (κ1) is 17.2. The maximum atomic E-state index is 14.0. The Balaban J connectivity index is 1.69. The number of hydrogen-bond acceptors (Lipinski definition) is 2. The number of nitrogens with zero attached hydrogens (tertiary/aromatic N) is 1. The lowest BCUT2D eigenvalue weighted by molar-refractivity contribution is -0.149. The quantitative estimate of drug-likeness (QED) is 0.817. The highest BCUT2D eigenvalue weighted by Gasteiger charge is 2.55. The van der Waals surface area contributed by atoms with Gasteiger partial charge in [0.2, 0.25) is 0 Å². The average molecular weight is 399 g/mol. The van der Waals surface area contributed by atoms with Crippen molar-refractivity contribution in [2.45, 2.75) is 32.2 Å². The van der Waals surface area contributed by atoms with Crippen LogP contribution in [-0.2, 0) is 4.79 Å². The molecule has 0 bridgehead atoms. The number of carbonyl (C=O) groups is 2. The molecule has 1 heterocycles. The van der Waals surface area contributed by atoms with Crippen LogP contribution in [0.15, 0.2) is 22.7 Å². The van der Waals surface area contributed by atoms with Gasteiger partial charge in [-0.25, -0.2) is 9.18 Å². The number of likely N-dealkylation sites (tertiary alicyclic amines) is 1. The summed E-state index contributed by atoms with van der Waals surface area (Å²) in [5, 5.41) is 12.4. The molecule has 0 radical (unpaired) electrons. The molecule has 7 heteroatoms. The number of nitrogens with one attached hydrogen (secondary N) is 1. The van der Waals surface area contributed by atoms with Gasteiger partial charge in [-0.1, -0.05) is 28.4 Å². The van der Waals surface area contributed by atoms with Crippen LogP contribution in [0.25, 0.3) is 0 Å². The Morgan fingerprint density at radius 1 is 1.50 bits per heavy atom. The molecule has 3 atom stereocenters. The highest BCUT2D eigenvalue weighted by Crippen LogP contribution is 2.48. The van der Waals surface area contributed by atoms with Gasteiger partial charge in [0.05, 0.1) is 11.5 Å². The van der Waals surface area contributed by atoms with Crippen LogP contribution in [0, 0.1) is 17.2 Å². The number of aliphatic carboxylic acids is 1. The Morgan fingerprint density at radius 2 is 2.25 bits per heavy atom. The Labute approximate surface area is 148 Å². The SMILES string of the molecule is CC(NC(=O)N1C[C@@H]2CCC[C@@]2(C(=O)O)C1)c1ccc(Br)cc1F. The number of rotatable bonds is 3. The number of urea groups is 1. The van der Waals surface area contributed by atoms with E-state index in [0.29, 0.717) is 23.0 Å². The summed E-state index contributed by atoms with van der Waals surface area (Å²) in [7, 11) is 0. The summed E-state index contributed by atoms with van der Waals surface area (Å²) < 4.78 is 14.6. The zero-order valence-electron chi connectivity index (χ0n) is 13.4. The third-order valence-corrected chi connectivity index (χ3v) is 5.85. The smallest absolute Gasteiger partial charge is 0.317 e. The number of halogens is 2. The van der Waals surface area contributed by atoms with E-state index in [1.807, 2.05) is 0 Å². The number of amides is 2. The fourth-order valence-electron chi connectivity index (χ4n) is 4.00. The van der Waals surface area contributed by atoms with E-state index in [4.69, 9.17) is 0 Å². The molecular formula is C17H20BrFN2O3. The number of benzene rings is 1. The van der Waals surface area contributed by atoms with E-state index >= 15 is 0 Å². The molecule has 1 saturated heterocycles. The number of carbonyl (C=O) groups excluding carboxylic acids is 1. The van der Waals surface area contributed by atoms with Crippen molar-refractivity contribution in [1.82, 2.24) is 10.2 Å². The first-order chi connectivity index (χ1) is 11.3. The first-order valence-corrected chi connectivity index (χ1v) is 8.86. The molecule has 1 aromatic rings. The van der Waals surface area contributed by atoms with Crippen LogP contribution in [0.1, 0.15) is 37.8 Å². The molecule has 130 valence electrons. The average Bonchev–Trinajstić information content (AvgIpc) is 3.04. The third kappa shape index (κ3) is 2.90. The van der Waals surface area contributed by atoms with Gasteiger partial charge in [0, 0.05) is 23.1 Å². The van der Waals surface area contributed by atoms with E-state index in [2.05, 4.69) is 21.2 Å². The minimum atomic E-state index is -0.813. The lowest BCUT2D eigenvalue weighted by Crippen LogP contribution is -2.42. The molecule has 1 aliphatic heterocycles. The predicted molar refractivity (Wildman–Crippen MR) is 90.0 cm³/mol. The molecule has 0 aromatic heterocycles. The summed E-state index contributed by atoms with van der Waals surface area (Å²) in [5.74, 6) is -1.19. The maximum absolute atomic E-state index is 14.0. The first-order valence-electron chi connectivity index (χ1n) is 8.07. The van der Waals surface area contributed by atoms with E-state index in [1.54, 1.807) is 24.0 Å². The number of hydrogen-bond donors (Lipinski definition) is 2. The van der Waals surface area contributed by atoms with E-state index in [0.717, 1.165) is 12.8 Å². The van der Waals surface area contributed by atoms with Crippen LogP contribution in [0.4, 0.5) is 9.18 Å². The van der Waals surface area contributed by atoms with Crippen LogP contribution in [0.2, 0.25) is 0 Å². The van der Waals surface area contributed by atoms with Crippen molar-refractivity contribution in [3.8, 4) is 0 Å². The molecule has 2 amide bonds.